The number of nitrogens with one attached hydrogen (secondary N) is 2. The van der Waals surface area contributed by atoms with Gasteiger partial charge in [0.2, 0.25) is 11.4 Å². The largest absolute Gasteiger partial charge is 3.00 e. The fraction of sp³-hybridized carbons (Fsp3) is 0.385. The van der Waals surface area contributed by atoms with Crippen LogP contribution in [0.3, 0.4) is 0 Å². The number of aromatic nitrogens is 8. The zero-order valence-corrected chi connectivity index (χ0v) is 90.7. The number of H-pyrrole nitrogens is 2. The van der Waals surface area contributed by atoms with Crippen molar-refractivity contribution in [1.29, 1.82) is 0 Å². The first-order valence-electron chi connectivity index (χ1n) is 43.0. The fourth-order valence-corrected chi connectivity index (χ4v) is 12.3. The average molecular weight is 2170 g/mol. The minimum Gasteiger partial charge on any atom is -0.873 e. The second-order valence-corrected chi connectivity index (χ2v) is 40.8. The predicted molar refractivity (Wildman–Crippen MR) is 474 cm³/mol. The Balaban J connectivity index is 0. The molecule has 8 aromatic heterocycles. The van der Waals surface area contributed by atoms with Crippen molar-refractivity contribution in [3.8, 4) is 46.0 Å². The van der Waals surface area contributed by atoms with Crippen molar-refractivity contribution < 1.29 is 216 Å². The summed E-state index contributed by atoms with van der Waals surface area (Å²) in [6, 6.07) is 54.8. The Morgan fingerprint density at radius 1 is 0.225 bits per heavy atom. The molecule has 4 aromatic carbocycles. The van der Waals surface area contributed by atoms with Crippen LogP contribution in [0.5, 0.6) is 46.0 Å². The summed E-state index contributed by atoms with van der Waals surface area (Å²) in [7, 11) is -4.42. The summed E-state index contributed by atoms with van der Waals surface area (Å²) in [5.41, 5.74) is 7.38. The standard InChI is InChI=1S/4C14H22O2.4C12H11N2O2.2ClHO4.4Fe/c4*1-13(2,3)9-7-10(14(4,5)6)12(16)11(15)8-9;4*1-16-12(15,10-6-2-4-8-13-10)11-7-3-5-9-14-11;2*2-1(3,4)5;;;;/h4*7-8,15-16H,1-6H3;4*2-9H,1H3;2*(H,2,3,4,5);;;;/q;;;;4*-1;;;4*+3/p-8. The third-order valence-corrected chi connectivity index (χ3v) is 20.2. The van der Waals surface area contributed by atoms with E-state index in [1.807, 2.05) is 190 Å². The first-order valence-corrected chi connectivity index (χ1v) is 45.5. The van der Waals surface area contributed by atoms with E-state index in [2.05, 4.69) is 39.9 Å². The van der Waals surface area contributed by atoms with Crippen molar-refractivity contribution in [2.75, 3.05) is 28.4 Å². The van der Waals surface area contributed by atoms with Gasteiger partial charge in [-0.15, -0.1) is 66.5 Å². The molecule has 0 aliphatic carbocycles. The maximum atomic E-state index is 12.6. The molecule has 12 aromatic rings. The van der Waals surface area contributed by atoms with Gasteiger partial charge in [-0.05, 0) is 138 Å². The van der Waals surface area contributed by atoms with E-state index in [9.17, 15) is 61.3 Å². The second-order valence-electron chi connectivity index (χ2n) is 39.3. The molecule has 32 nitrogen and oxygen atoms in total. The van der Waals surface area contributed by atoms with E-state index < -0.39 is 66.6 Å². The predicted octanol–water partition coefficient (Wildman–Crippen LogP) is 1.77. The maximum Gasteiger partial charge on any atom is 3.00 e. The minimum atomic E-state index is -4.94. The van der Waals surface area contributed by atoms with E-state index in [1.165, 1.54) is 52.7 Å². The quantitative estimate of drug-likeness (QED) is 0.124. The van der Waals surface area contributed by atoms with Gasteiger partial charge < -0.3 is 80.2 Å². The van der Waals surface area contributed by atoms with Crippen LogP contribution < -0.4 is 109 Å². The summed E-state index contributed by atoms with van der Waals surface area (Å²) in [6.45, 7) is 47.9. The van der Waals surface area contributed by atoms with Crippen molar-refractivity contribution in [1.82, 2.24) is 29.9 Å². The van der Waals surface area contributed by atoms with Crippen molar-refractivity contribution in [2.24, 2.45) is 0 Å². The van der Waals surface area contributed by atoms with Gasteiger partial charge in [-0.1, -0.05) is 285 Å². The molecule has 0 aliphatic rings. The minimum absolute atomic E-state index is 0. The number of pyridine rings is 8. The number of hydrogen-bond acceptors (Lipinski definition) is 30. The number of ether oxygens (including phenoxy) is 4. The molecule has 8 heterocycles. The van der Waals surface area contributed by atoms with Crippen LogP contribution in [0.2, 0.25) is 0 Å². The Labute approximate surface area is 880 Å². The number of rotatable bonds is 12. The van der Waals surface area contributed by atoms with E-state index in [4.69, 9.17) is 56.2 Å². The summed E-state index contributed by atoms with van der Waals surface area (Å²) >= 11 is 0. The molecule has 142 heavy (non-hydrogen) atoms. The Bertz CT molecular complexity index is 4800. The molecule has 772 valence electrons. The van der Waals surface area contributed by atoms with Crippen molar-refractivity contribution >= 4 is 0 Å². The van der Waals surface area contributed by atoms with Gasteiger partial charge in [0.25, 0.3) is 0 Å². The van der Waals surface area contributed by atoms with Crippen LogP contribution in [0, 0.1) is 20.5 Å². The summed E-state index contributed by atoms with van der Waals surface area (Å²) in [4.78, 5) is 29.9. The van der Waals surface area contributed by atoms with Gasteiger partial charge in [0.05, 0.1) is 45.7 Å². The van der Waals surface area contributed by atoms with Crippen LogP contribution in [-0.2, 0) is 154 Å². The van der Waals surface area contributed by atoms with E-state index in [1.54, 1.807) is 195 Å². The molecular formula is C104H126Cl2Fe4N8O24. The van der Waals surface area contributed by atoms with Crippen molar-refractivity contribution in [3.05, 3.63) is 334 Å². The number of hydrogen-bond donors (Lipinski definition) is 0. The number of benzene rings is 4. The number of halogens is 2. The molecular weight excluding hydrogens is 2040 g/mol. The van der Waals surface area contributed by atoms with Gasteiger partial charge in [0, 0.05) is 89.9 Å². The third-order valence-electron chi connectivity index (χ3n) is 20.2. The molecule has 0 saturated heterocycles. The van der Waals surface area contributed by atoms with Crippen LogP contribution in [0.1, 0.15) is 256 Å². The molecule has 0 spiro atoms. The normalized spacial score (nSPS) is 12.5. The molecule has 0 amide bonds. The molecule has 0 saturated carbocycles. The van der Waals surface area contributed by atoms with E-state index >= 15 is 0 Å². The first-order chi connectivity index (χ1) is 63.2. The van der Waals surface area contributed by atoms with Crippen LogP contribution in [0.4, 0.5) is 0 Å². The Kier molecular flexibility index (Phi) is 53.8. The van der Waals surface area contributed by atoms with Crippen molar-refractivity contribution in [3.63, 3.8) is 0 Å². The molecule has 0 bridgehead atoms. The van der Waals surface area contributed by atoms with Crippen molar-refractivity contribution in [2.45, 2.75) is 233 Å². The fourth-order valence-electron chi connectivity index (χ4n) is 12.3. The zero-order chi connectivity index (χ0) is 106. The zero-order valence-electron chi connectivity index (χ0n) is 84.7. The summed E-state index contributed by atoms with van der Waals surface area (Å²) in [5, 5.41) is 144. The molecule has 4 radical (unpaired) electrons. The summed E-state index contributed by atoms with van der Waals surface area (Å²) in [5.74, 6) is -10.3. The van der Waals surface area contributed by atoms with Crippen LogP contribution in [0.15, 0.2) is 244 Å². The van der Waals surface area contributed by atoms with Gasteiger partial charge in [0.1, 0.15) is 11.6 Å². The molecule has 0 fully saturated rings. The molecule has 2 N–H and O–H groups in total. The van der Waals surface area contributed by atoms with E-state index in [0.29, 0.717) is 67.8 Å². The Morgan fingerprint density at radius 2 is 0.380 bits per heavy atom. The SMILES string of the molecule is CC(C)(C)c1cc([O-])c([O-])c(C(C)(C)C)c1.CC(C)(C)c1cc([O-])c([O-])c(C(C)(C)C)c1.CC(C)(C)c1cc([O-])c([O-])c(C(C)(C)C)c1.CC(C)(C)c1cc([O-])c([O-])c(C(C)(C)C)c1.COC([O-])(c1ccccn1)c1ccccn1.COC([O-])(c1ccccn1)c1ccccn1.CO[C@@]([O-])(c1ccccn1)c1cccc[nH+]1.CO[C@]([O-])(c1ccccn1)c1cccc[nH+]1.[Fe+3].[Fe+3].[Fe+3].[Fe+3].[O-][Cl+3]([O-])([O-])[O-].[O-][Cl+3]([O-])([O-])[O-]. The van der Waals surface area contributed by atoms with E-state index in [-0.39, 0.29) is 135 Å². The van der Waals surface area contributed by atoms with Gasteiger partial charge in [-0.3, -0.25) is 29.9 Å². The van der Waals surface area contributed by atoms with E-state index in [0.717, 1.165) is 22.3 Å². The van der Waals surface area contributed by atoms with Crippen LogP contribution in [0.25, 0.3) is 0 Å². The maximum absolute atomic E-state index is 12.6. The molecule has 0 aliphatic heterocycles. The first kappa shape index (κ1) is 135. The van der Waals surface area contributed by atoms with Gasteiger partial charge in [-0.25, -0.2) is 47.2 Å². The Morgan fingerprint density at radius 3 is 0.500 bits per heavy atom. The monoisotopic (exact) mass is 2160 g/mol. The van der Waals surface area contributed by atoms with Crippen LogP contribution >= 0.6 is 0 Å². The topological polar surface area (TPSA) is 604 Å². The number of aromatic amines is 2. The Hall–Kier alpha value is -9.50. The second kappa shape index (κ2) is 56.8. The number of methoxy groups -OCH3 is 4. The molecule has 12 rings (SSSR count). The molecule has 2 atom stereocenters. The summed E-state index contributed by atoms with van der Waals surface area (Å²) in [6.07, 6.45) is 12.8. The molecule has 0 unspecified atom stereocenters. The number of nitrogens with zero attached hydrogens (tertiary/aromatic N) is 6. The molecule has 38 heteroatoms. The van der Waals surface area contributed by atoms with Crippen LogP contribution in [-0.4, -0.2) is 58.3 Å². The van der Waals surface area contributed by atoms with Gasteiger partial charge >= 0.3 is 68.3 Å². The van der Waals surface area contributed by atoms with Gasteiger partial charge in [0.15, 0.2) is 12.4 Å². The third kappa shape index (κ3) is 42.7. The average Bonchev–Trinajstić information content (AvgIpc) is 0.803. The smallest absolute Gasteiger partial charge is 0.873 e. The van der Waals surface area contributed by atoms with Gasteiger partial charge in [-0.2, -0.15) is 0 Å². The summed E-state index contributed by atoms with van der Waals surface area (Å²) < 4.78 is 88.1.